The van der Waals surface area contributed by atoms with Crippen molar-refractivity contribution in [2.45, 2.75) is 31.9 Å². The van der Waals surface area contributed by atoms with E-state index in [0.29, 0.717) is 17.7 Å². The lowest BCUT2D eigenvalue weighted by molar-refractivity contribution is -0.120. The fourth-order valence-electron chi connectivity index (χ4n) is 3.26. The first-order chi connectivity index (χ1) is 14.0. The molecule has 1 aliphatic rings. The Morgan fingerprint density at radius 3 is 2.66 bits per heavy atom. The minimum atomic E-state index is -1.06. The zero-order valence-corrected chi connectivity index (χ0v) is 16.0. The van der Waals surface area contributed by atoms with Crippen molar-refractivity contribution >= 4 is 17.8 Å². The van der Waals surface area contributed by atoms with E-state index in [4.69, 9.17) is 4.74 Å². The Morgan fingerprint density at radius 2 is 1.90 bits per heavy atom. The Balaban J connectivity index is 1.53. The van der Waals surface area contributed by atoms with Gasteiger partial charge in [-0.25, -0.2) is 4.79 Å². The molecule has 1 saturated heterocycles. The van der Waals surface area contributed by atoms with E-state index in [2.05, 4.69) is 10.6 Å². The van der Waals surface area contributed by atoms with Gasteiger partial charge >= 0.3 is 5.97 Å². The van der Waals surface area contributed by atoms with Crippen molar-refractivity contribution in [3.8, 4) is 0 Å². The van der Waals surface area contributed by atoms with Gasteiger partial charge in [0.25, 0.3) is 5.91 Å². The molecule has 3 rings (SSSR count). The third-order valence-electron chi connectivity index (χ3n) is 4.79. The van der Waals surface area contributed by atoms with Crippen LogP contribution < -0.4 is 10.6 Å². The standard InChI is InChI=1S/C22H24N2O5/c25-20(12-16-6-1-2-9-19(16)22(27)28)23-13-15-5-3-7-17(11-15)21(26)24-14-18-8-4-10-29-18/h1-3,5-7,9,11,18H,4,8,10,12-14H2,(H,23,25)(H,24,26)(H,27,28). The number of benzene rings is 2. The second-order valence-corrected chi connectivity index (χ2v) is 6.96. The monoisotopic (exact) mass is 396 g/mol. The van der Waals surface area contributed by atoms with Gasteiger partial charge in [-0.2, -0.15) is 0 Å². The van der Waals surface area contributed by atoms with Crippen LogP contribution in [0.4, 0.5) is 0 Å². The summed E-state index contributed by atoms with van der Waals surface area (Å²) in [5.41, 5.74) is 1.88. The molecule has 0 radical (unpaired) electrons. The Kier molecular flexibility index (Phi) is 6.97. The van der Waals surface area contributed by atoms with Gasteiger partial charge in [0.2, 0.25) is 5.91 Å². The number of amides is 2. The lowest BCUT2D eigenvalue weighted by atomic mass is 10.0. The third kappa shape index (κ3) is 5.89. The summed E-state index contributed by atoms with van der Waals surface area (Å²) in [7, 11) is 0. The Hall–Kier alpha value is -3.19. The molecule has 0 aliphatic carbocycles. The van der Waals surface area contributed by atoms with Crippen LogP contribution in [0.5, 0.6) is 0 Å². The predicted octanol–water partition coefficient (Wildman–Crippen LogP) is 2.15. The lowest BCUT2D eigenvalue weighted by Crippen LogP contribution is -2.31. The number of hydrogen-bond donors (Lipinski definition) is 3. The van der Waals surface area contributed by atoms with Crippen LogP contribution in [0.2, 0.25) is 0 Å². The minimum Gasteiger partial charge on any atom is -0.478 e. The molecule has 152 valence electrons. The van der Waals surface area contributed by atoms with Gasteiger partial charge in [0, 0.05) is 25.3 Å². The SMILES string of the molecule is O=C(Cc1ccccc1C(=O)O)NCc1cccc(C(=O)NCC2CCCO2)c1. The third-order valence-corrected chi connectivity index (χ3v) is 4.79. The molecule has 3 N–H and O–H groups in total. The zero-order chi connectivity index (χ0) is 20.6. The average molecular weight is 396 g/mol. The summed E-state index contributed by atoms with van der Waals surface area (Å²) in [5, 5.41) is 14.9. The fourth-order valence-corrected chi connectivity index (χ4v) is 3.26. The maximum atomic E-state index is 12.3. The van der Waals surface area contributed by atoms with E-state index < -0.39 is 5.97 Å². The van der Waals surface area contributed by atoms with E-state index in [9.17, 15) is 19.5 Å². The molecule has 0 spiro atoms. The highest BCUT2D eigenvalue weighted by Crippen LogP contribution is 2.12. The van der Waals surface area contributed by atoms with Crippen molar-refractivity contribution < 1.29 is 24.2 Å². The largest absolute Gasteiger partial charge is 0.478 e. The molecular weight excluding hydrogens is 372 g/mol. The molecule has 1 unspecified atom stereocenters. The smallest absolute Gasteiger partial charge is 0.335 e. The van der Waals surface area contributed by atoms with Gasteiger partial charge < -0.3 is 20.5 Å². The topological polar surface area (TPSA) is 105 Å². The Morgan fingerprint density at radius 1 is 1.07 bits per heavy atom. The number of aromatic carboxylic acids is 1. The van der Waals surface area contributed by atoms with Crippen LogP contribution in [0.3, 0.4) is 0 Å². The fraction of sp³-hybridized carbons (Fsp3) is 0.318. The van der Waals surface area contributed by atoms with Crippen LogP contribution in [0.25, 0.3) is 0 Å². The molecule has 1 atom stereocenters. The second kappa shape index (κ2) is 9.84. The molecule has 2 aromatic rings. The van der Waals surface area contributed by atoms with Crippen molar-refractivity contribution in [3.63, 3.8) is 0 Å². The van der Waals surface area contributed by atoms with E-state index >= 15 is 0 Å². The maximum absolute atomic E-state index is 12.3. The van der Waals surface area contributed by atoms with E-state index in [0.717, 1.165) is 25.0 Å². The normalized spacial score (nSPS) is 15.7. The van der Waals surface area contributed by atoms with Crippen LogP contribution >= 0.6 is 0 Å². The Bertz CT molecular complexity index is 890. The summed E-state index contributed by atoms with van der Waals surface area (Å²) in [6.07, 6.45) is 2.03. The second-order valence-electron chi connectivity index (χ2n) is 6.96. The first-order valence-corrected chi connectivity index (χ1v) is 9.59. The molecule has 0 aromatic heterocycles. The van der Waals surface area contributed by atoms with Crippen LogP contribution in [0, 0.1) is 0 Å². The molecule has 7 nitrogen and oxygen atoms in total. The zero-order valence-electron chi connectivity index (χ0n) is 16.0. The van der Waals surface area contributed by atoms with Crippen LogP contribution in [-0.2, 0) is 22.5 Å². The van der Waals surface area contributed by atoms with Gasteiger partial charge in [-0.3, -0.25) is 9.59 Å². The number of rotatable bonds is 8. The van der Waals surface area contributed by atoms with Crippen LogP contribution in [-0.4, -0.2) is 42.1 Å². The maximum Gasteiger partial charge on any atom is 0.335 e. The van der Waals surface area contributed by atoms with E-state index in [-0.39, 0.29) is 36.4 Å². The summed E-state index contributed by atoms with van der Waals surface area (Å²) in [6.45, 7) is 1.48. The summed E-state index contributed by atoms with van der Waals surface area (Å²) >= 11 is 0. The number of carbonyl (C=O) groups excluding carboxylic acids is 2. The first-order valence-electron chi connectivity index (χ1n) is 9.59. The molecule has 1 fully saturated rings. The van der Waals surface area contributed by atoms with Gasteiger partial charge in [-0.15, -0.1) is 0 Å². The van der Waals surface area contributed by atoms with Gasteiger partial charge in [0.05, 0.1) is 18.1 Å². The number of carboxylic acid groups (broad SMARTS) is 1. The number of carbonyl (C=O) groups is 3. The molecule has 7 heteroatoms. The van der Waals surface area contributed by atoms with E-state index in [1.54, 1.807) is 36.4 Å². The average Bonchev–Trinajstić information content (AvgIpc) is 3.24. The molecule has 2 aromatic carbocycles. The minimum absolute atomic E-state index is 0.0238. The quantitative estimate of drug-likeness (QED) is 0.634. The number of nitrogens with one attached hydrogen (secondary N) is 2. The van der Waals surface area contributed by atoms with Gasteiger partial charge in [0.1, 0.15) is 0 Å². The van der Waals surface area contributed by atoms with Crippen LogP contribution in [0.15, 0.2) is 48.5 Å². The summed E-state index contributed by atoms with van der Waals surface area (Å²) < 4.78 is 5.50. The van der Waals surface area contributed by atoms with Crippen LogP contribution in [0.1, 0.15) is 44.7 Å². The van der Waals surface area contributed by atoms with Crippen molar-refractivity contribution in [1.29, 1.82) is 0 Å². The summed E-state index contributed by atoms with van der Waals surface area (Å²) in [4.78, 5) is 35.8. The van der Waals surface area contributed by atoms with Crippen molar-refractivity contribution in [1.82, 2.24) is 10.6 Å². The summed E-state index contributed by atoms with van der Waals surface area (Å²) in [6, 6.07) is 13.5. The number of ether oxygens (including phenoxy) is 1. The molecule has 2 amide bonds. The highest BCUT2D eigenvalue weighted by Gasteiger charge is 2.17. The number of carboxylic acids is 1. The lowest BCUT2D eigenvalue weighted by Gasteiger charge is -2.12. The first kappa shape index (κ1) is 20.5. The number of hydrogen-bond acceptors (Lipinski definition) is 4. The highest BCUT2D eigenvalue weighted by molar-refractivity contribution is 5.94. The molecule has 0 saturated carbocycles. The van der Waals surface area contributed by atoms with Gasteiger partial charge in [-0.1, -0.05) is 30.3 Å². The Labute approximate surface area is 169 Å². The molecule has 29 heavy (non-hydrogen) atoms. The van der Waals surface area contributed by atoms with Crippen molar-refractivity contribution in [2.75, 3.05) is 13.2 Å². The summed E-state index contributed by atoms with van der Waals surface area (Å²) in [5.74, 6) is -1.52. The van der Waals surface area contributed by atoms with Gasteiger partial charge in [-0.05, 0) is 42.2 Å². The molecule has 1 heterocycles. The van der Waals surface area contributed by atoms with E-state index in [1.165, 1.54) is 6.07 Å². The molecule has 0 bridgehead atoms. The van der Waals surface area contributed by atoms with Crippen molar-refractivity contribution in [3.05, 3.63) is 70.8 Å². The molecular formula is C22H24N2O5. The van der Waals surface area contributed by atoms with E-state index in [1.807, 2.05) is 6.07 Å². The van der Waals surface area contributed by atoms with Gasteiger partial charge in [0.15, 0.2) is 0 Å². The molecule has 1 aliphatic heterocycles. The van der Waals surface area contributed by atoms with Crippen molar-refractivity contribution in [2.24, 2.45) is 0 Å². The highest BCUT2D eigenvalue weighted by atomic mass is 16.5. The predicted molar refractivity (Wildman–Crippen MR) is 107 cm³/mol.